The molecule has 0 aliphatic heterocycles. The average Bonchev–Trinajstić information content (AvgIpc) is 2.37. The number of benzene rings is 1. The molecule has 1 aliphatic carbocycles. The zero-order valence-electron chi connectivity index (χ0n) is 12.5. The van der Waals surface area contributed by atoms with Gasteiger partial charge in [-0.2, -0.15) is 0 Å². The molecule has 0 N–H and O–H groups in total. The highest BCUT2D eigenvalue weighted by Crippen LogP contribution is 2.32. The van der Waals surface area contributed by atoms with Gasteiger partial charge in [0.05, 0.1) is 0 Å². The summed E-state index contributed by atoms with van der Waals surface area (Å²) in [5.74, 6) is 1.56. The van der Waals surface area contributed by atoms with E-state index in [9.17, 15) is 4.79 Å². The van der Waals surface area contributed by atoms with Gasteiger partial charge in [0.2, 0.25) is 0 Å². The van der Waals surface area contributed by atoms with Gasteiger partial charge in [-0.05, 0) is 38.2 Å². The summed E-state index contributed by atoms with van der Waals surface area (Å²) in [5, 5.41) is 0. The first-order chi connectivity index (χ1) is 9.08. The Balaban J connectivity index is 2.00. The van der Waals surface area contributed by atoms with Crippen LogP contribution in [0.2, 0.25) is 0 Å². The molecule has 1 aromatic carbocycles. The molecule has 0 aromatic heterocycles. The smallest absolute Gasteiger partial charge is 0.140 e. The van der Waals surface area contributed by atoms with Gasteiger partial charge in [0.25, 0.3) is 0 Å². The third-order valence-electron chi connectivity index (χ3n) is 4.48. The molecule has 0 amide bonds. The number of Topliss-reactive ketones (excluding diaryl/α,β-unsaturated/α-hetero) is 1. The summed E-state index contributed by atoms with van der Waals surface area (Å²) >= 11 is 0. The summed E-state index contributed by atoms with van der Waals surface area (Å²) in [6.45, 7) is 6.46. The fourth-order valence-corrected chi connectivity index (χ4v) is 3.47. The van der Waals surface area contributed by atoms with Crippen LogP contribution in [-0.4, -0.2) is 5.78 Å². The van der Waals surface area contributed by atoms with E-state index in [-0.39, 0.29) is 0 Å². The van der Waals surface area contributed by atoms with Crippen molar-refractivity contribution in [3.63, 3.8) is 0 Å². The summed E-state index contributed by atoms with van der Waals surface area (Å²) in [4.78, 5) is 12.5. The Bertz CT molecular complexity index is 427. The topological polar surface area (TPSA) is 17.1 Å². The second-order valence-electron chi connectivity index (χ2n) is 6.28. The number of hydrogen-bond donors (Lipinski definition) is 0. The summed E-state index contributed by atoms with van der Waals surface area (Å²) in [6.07, 6.45) is 6.66. The second kappa shape index (κ2) is 6.36. The van der Waals surface area contributed by atoms with E-state index in [1.807, 2.05) is 0 Å². The summed E-state index contributed by atoms with van der Waals surface area (Å²) in [6, 6.07) is 6.48. The minimum atomic E-state index is 0.319. The van der Waals surface area contributed by atoms with E-state index in [0.29, 0.717) is 18.1 Å². The maximum atomic E-state index is 12.5. The molecule has 0 bridgehead atoms. The van der Waals surface area contributed by atoms with Crippen molar-refractivity contribution in [1.29, 1.82) is 0 Å². The predicted molar refractivity (Wildman–Crippen MR) is 80.4 cm³/mol. The molecule has 1 aliphatic rings. The average molecular weight is 258 g/mol. The van der Waals surface area contributed by atoms with Crippen molar-refractivity contribution < 1.29 is 4.79 Å². The maximum absolute atomic E-state index is 12.5. The molecule has 1 nitrogen and oxygen atoms in total. The molecular weight excluding hydrogens is 232 g/mol. The summed E-state index contributed by atoms with van der Waals surface area (Å²) in [7, 11) is 0. The Kier molecular flexibility index (Phi) is 4.79. The van der Waals surface area contributed by atoms with E-state index in [1.54, 1.807) is 0 Å². The lowest BCUT2D eigenvalue weighted by Crippen LogP contribution is -2.24. The normalized spacial score (nSPS) is 23.3. The molecule has 19 heavy (non-hydrogen) atoms. The van der Waals surface area contributed by atoms with Crippen LogP contribution in [-0.2, 0) is 11.2 Å². The van der Waals surface area contributed by atoms with Crippen LogP contribution in [0.25, 0.3) is 0 Å². The fourth-order valence-electron chi connectivity index (χ4n) is 3.47. The zero-order valence-corrected chi connectivity index (χ0v) is 12.5. The first-order valence-corrected chi connectivity index (χ1v) is 7.68. The highest BCUT2D eigenvalue weighted by molar-refractivity contribution is 5.83. The monoisotopic (exact) mass is 258 g/mol. The number of carbonyl (C=O) groups is 1. The lowest BCUT2D eigenvalue weighted by molar-refractivity contribution is -0.123. The largest absolute Gasteiger partial charge is 0.299 e. The van der Waals surface area contributed by atoms with Gasteiger partial charge in [-0.15, -0.1) is 0 Å². The standard InChI is InChI=1S/C18H26O/c1-4-15-6-5-7-17(11-15)18(19)12-16-9-13(2)8-14(3)10-16/h8-10,15,17H,4-7,11-12H2,1-3H3. The third-order valence-corrected chi connectivity index (χ3v) is 4.48. The van der Waals surface area contributed by atoms with Crippen LogP contribution in [0.5, 0.6) is 0 Å². The number of rotatable bonds is 4. The van der Waals surface area contributed by atoms with E-state index < -0.39 is 0 Å². The second-order valence-corrected chi connectivity index (χ2v) is 6.28. The van der Waals surface area contributed by atoms with Crippen molar-refractivity contribution >= 4 is 5.78 Å². The minimum Gasteiger partial charge on any atom is -0.299 e. The Morgan fingerprint density at radius 3 is 2.47 bits per heavy atom. The predicted octanol–water partition coefficient (Wildman–Crippen LogP) is 4.63. The van der Waals surface area contributed by atoms with E-state index in [2.05, 4.69) is 39.0 Å². The molecule has 0 saturated heterocycles. The quantitative estimate of drug-likeness (QED) is 0.769. The molecule has 0 radical (unpaired) electrons. The molecule has 1 aromatic rings. The van der Waals surface area contributed by atoms with E-state index in [1.165, 1.54) is 36.0 Å². The number of carbonyl (C=O) groups excluding carboxylic acids is 1. The van der Waals surface area contributed by atoms with Crippen molar-refractivity contribution in [3.8, 4) is 0 Å². The van der Waals surface area contributed by atoms with Crippen molar-refractivity contribution in [1.82, 2.24) is 0 Å². The Hall–Kier alpha value is -1.11. The molecule has 1 heteroatoms. The van der Waals surface area contributed by atoms with Gasteiger partial charge < -0.3 is 0 Å². The van der Waals surface area contributed by atoms with Gasteiger partial charge >= 0.3 is 0 Å². The summed E-state index contributed by atoms with van der Waals surface area (Å²) in [5.41, 5.74) is 3.72. The van der Waals surface area contributed by atoms with Crippen molar-refractivity contribution in [2.45, 2.75) is 59.3 Å². The van der Waals surface area contributed by atoms with Crippen LogP contribution in [0.1, 0.15) is 55.7 Å². The van der Waals surface area contributed by atoms with E-state index in [0.717, 1.165) is 18.8 Å². The Labute approximate surface area is 117 Å². The van der Waals surface area contributed by atoms with E-state index in [4.69, 9.17) is 0 Å². The molecule has 104 valence electrons. The van der Waals surface area contributed by atoms with Crippen LogP contribution in [0.15, 0.2) is 18.2 Å². The molecule has 1 saturated carbocycles. The highest BCUT2D eigenvalue weighted by atomic mass is 16.1. The number of ketones is 1. The zero-order chi connectivity index (χ0) is 13.8. The first kappa shape index (κ1) is 14.3. The van der Waals surface area contributed by atoms with Gasteiger partial charge in [-0.1, -0.05) is 55.5 Å². The number of hydrogen-bond acceptors (Lipinski definition) is 1. The van der Waals surface area contributed by atoms with Crippen LogP contribution in [0.3, 0.4) is 0 Å². The Morgan fingerprint density at radius 2 is 1.84 bits per heavy atom. The fraction of sp³-hybridized carbons (Fsp3) is 0.611. The third kappa shape index (κ3) is 3.92. The van der Waals surface area contributed by atoms with Gasteiger partial charge in [-0.3, -0.25) is 4.79 Å². The van der Waals surface area contributed by atoms with E-state index >= 15 is 0 Å². The van der Waals surface area contributed by atoms with Gasteiger partial charge in [0.1, 0.15) is 5.78 Å². The van der Waals surface area contributed by atoms with Crippen molar-refractivity contribution in [2.75, 3.05) is 0 Å². The molecule has 0 heterocycles. The molecule has 2 rings (SSSR count). The Morgan fingerprint density at radius 1 is 1.16 bits per heavy atom. The molecular formula is C18H26O. The highest BCUT2D eigenvalue weighted by Gasteiger charge is 2.26. The molecule has 0 spiro atoms. The summed E-state index contributed by atoms with van der Waals surface area (Å²) < 4.78 is 0. The van der Waals surface area contributed by atoms with Crippen LogP contribution in [0, 0.1) is 25.7 Å². The van der Waals surface area contributed by atoms with Gasteiger partial charge in [0.15, 0.2) is 0 Å². The van der Waals surface area contributed by atoms with Crippen LogP contribution < -0.4 is 0 Å². The van der Waals surface area contributed by atoms with Gasteiger partial charge in [0, 0.05) is 12.3 Å². The van der Waals surface area contributed by atoms with Crippen molar-refractivity contribution in [2.24, 2.45) is 11.8 Å². The SMILES string of the molecule is CCC1CCCC(C(=O)Cc2cc(C)cc(C)c2)C1. The molecule has 2 atom stereocenters. The minimum absolute atomic E-state index is 0.319. The van der Waals surface area contributed by atoms with Crippen LogP contribution in [0.4, 0.5) is 0 Å². The molecule has 1 fully saturated rings. The van der Waals surface area contributed by atoms with Crippen molar-refractivity contribution in [3.05, 3.63) is 34.9 Å². The lowest BCUT2D eigenvalue weighted by atomic mass is 9.77. The van der Waals surface area contributed by atoms with Crippen LogP contribution >= 0.6 is 0 Å². The molecule has 2 unspecified atom stereocenters. The van der Waals surface area contributed by atoms with Gasteiger partial charge in [-0.25, -0.2) is 0 Å². The number of aryl methyl sites for hydroxylation is 2. The first-order valence-electron chi connectivity index (χ1n) is 7.68. The lowest BCUT2D eigenvalue weighted by Gasteiger charge is -2.27. The maximum Gasteiger partial charge on any atom is 0.140 e.